The van der Waals surface area contributed by atoms with Crippen LogP contribution in [0.3, 0.4) is 0 Å². The molecule has 1 amide bonds. The number of hydrogen-bond acceptors (Lipinski definition) is 5. The number of thiazole rings is 1. The molecule has 1 aromatic carbocycles. The van der Waals surface area contributed by atoms with Crippen LogP contribution in [0.5, 0.6) is 0 Å². The first kappa shape index (κ1) is 17.6. The number of benzene rings is 1. The molecule has 3 rings (SSSR count). The topological polar surface area (TPSA) is 46.1 Å². The summed E-state index contributed by atoms with van der Waals surface area (Å²) in [6.07, 6.45) is 2.53. The van der Waals surface area contributed by atoms with E-state index in [1.165, 1.54) is 0 Å². The zero-order valence-corrected chi connectivity index (χ0v) is 15.6. The number of nitrogens with zero attached hydrogens (tertiary/aromatic N) is 3. The smallest absolute Gasteiger partial charge is 0.254 e. The van der Waals surface area contributed by atoms with Crippen molar-refractivity contribution in [2.75, 3.05) is 13.6 Å². The Bertz CT molecular complexity index is 807. The molecule has 0 spiro atoms. The summed E-state index contributed by atoms with van der Waals surface area (Å²) in [5.74, 6) is 0.808. The molecule has 0 bridgehead atoms. The largest absolute Gasteiger partial charge is 0.341 e. The molecule has 0 saturated heterocycles. The van der Waals surface area contributed by atoms with Crippen LogP contribution in [0.4, 0.5) is 0 Å². The van der Waals surface area contributed by atoms with E-state index >= 15 is 0 Å². The first-order valence-corrected chi connectivity index (χ1v) is 9.91. The number of carbonyl (C=O) groups excluding carboxylic acids is 1. The summed E-state index contributed by atoms with van der Waals surface area (Å²) in [5, 5.41) is 2.04. The van der Waals surface area contributed by atoms with E-state index in [-0.39, 0.29) is 5.91 Å². The van der Waals surface area contributed by atoms with Crippen molar-refractivity contribution in [3.63, 3.8) is 0 Å². The fraction of sp³-hybridized carbons (Fsp3) is 0.211. The number of rotatable bonds is 7. The van der Waals surface area contributed by atoms with Crippen LogP contribution in [0.15, 0.2) is 64.4 Å². The number of carbonyl (C=O) groups is 1. The fourth-order valence-electron chi connectivity index (χ4n) is 2.37. The van der Waals surface area contributed by atoms with Crippen molar-refractivity contribution < 1.29 is 4.79 Å². The Labute approximate surface area is 155 Å². The van der Waals surface area contributed by atoms with Gasteiger partial charge < -0.3 is 4.90 Å². The lowest BCUT2D eigenvalue weighted by atomic mass is 10.2. The number of amides is 1. The SMILES string of the molecule is CN(CCc1ccccn1)C(=O)c1ccccc1SCc1cscn1. The third kappa shape index (κ3) is 4.90. The average molecular weight is 370 g/mol. The van der Waals surface area contributed by atoms with Crippen LogP contribution < -0.4 is 0 Å². The van der Waals surface area contributed by atoms with Gasteiger partial charge in [-0.25, -0.2) is 4.98 Å². The maximum atomic E-state index is 12.8. The molecule has 2 heterocycles. The number of thioether (sulfide) groups is 1. The van der Waals surface area contributed by atoms with Crippen molar-refractivity contribution in [1.82, 2.24) is 14.9 Å². The highest BCUT2D eigenvalue weighted by Gasteiger charge is 2.16. The number of hydrogen-bond donors (Lipinski definition) is 0. The molecule has 0 N–H and O–H groups in total. The van der Waals surface area contributed by atoms with Gasteiger partial charge in [0.05, 0.1) is 16.8 Å². The first-order chi connectivity index (χ1) is 12.2. The van der Waals surface area contributed by atoms with Gasteiger partial charge in [-0.3, -0.25) is 9.78 Å². The van der Waals surface area contributed by atoms with Crippen LogP contribution >= 0.6 is 23.1 Å². The molecule has 2 aromatic heterocycles. The van der Waals surface area contributed by atoms with Crippen LogP contribution in [0.25, 0.3) is 0 Å². The molecule has 25 heavy (non-hydrogen) atoms. The summed E-state index contributed by atoms with van der Waals surface area (Å²) >= 11 is 3.24. The van der Waals surface area contributed by atoms with Crippen LogP contribution in [0.2, 0.25) is 0 Å². The Balaban J connectivity index is 1.64. The van der Waals surface area contributed by atoms with Crippen LogP contribution in [0, 0.1) is 0 Å². The van der Waals surface area contributed by atoms with Crippen molar-refractivity contribution in [3.05, 3.63) is 76.5 Å². The molecule has 0 atom stereocenters. The van der Waals surface area contributed by atoms with Crippen LogP contribution in [0.1, 0.15) is 21.7 Å². The van der Waals surface area contributed by atoms with Crippen LogP contribution in [-0.2, 0) is 12.2 Å². The minimum Gasteiger partial charge on any atom is -0.341 e. The van der Waals surface area contributed by atoms with Crippen molar-refractivity contribution in [2.24, 2.45) is 0 Å². The van der Waals surface area contributed by atoms with Gasteiger partial charge in [0.2, 0.25) is 0 Å². The Morgan fingerprint density at radius 3 is 2.72 bits per heavy atom. The van der Waals surface area contributed by atoms with Gasteiger partial charge in [-0.15, -0.1) is 23.1 Å². The Hall–Kier alpha value is -2.18. The average Bonchev–Trinajstić information content (AvgIpc) is 3.18. The minimum absolute atomic E-state index is 0.0392. The van der Waals surface area contributed by atoms with E-state index in [0.717, 1.165) is 34.0 Å². The van der Waals surface area contributed by atoms with Gasteiger partial charge in [0.25, 0.3) is 5.91 Å². The van der Waals surface area contributed by atoms with E-state index in [0.29, 0.717) is 6.54 Å². The van der Waals surface area contributed by atoms with Gasteiger partial charge in [-0.2, -0.15) is 0 Å². The highest BCUT2D eigenvalue weighted by atomic mass is 32.2. The quantitative estimate of drug-likeness (QED) is 0.587. The Morgan fingerprint density at radius 2 is 1.96 bits per heavy atom. The second-order valence-corrected chi connectivity index (χ2v) is 7.30. The van der Waals surface area contributed by atoms with Crippen molar-refractivity contribution in [3.8, 4) is 0 Å². The van der Waals surface area contributed by atoms with Gasteiger partial charge in [-0.05, 0) is 24.3 Å². The normalized spacial score (nSPS) is 10.6. The van der Waals surface area contributed by atoms with E-state index in [9.17, 15) is 4.79 Å². The van der Waals surface area contributed by atoms with E-state index in [1.807, 2.05) is 60.4 Å². The molecule has 0 aliphatic heterocycles. The highest BCUT2D eigenvalue weighted by Crippen LogP contribution is 2.27. The molecular weight excluding hydrogens is 350 g/mol. The highest BCUT2D eigenvalue weighted by molar-refractivity contribution is 7.98. The minimum atomic E-state index is 0.0392. The van der Waals surface area contributed by atoms with Gasteiger partial charge in [0.15, 0.2) is 0 Å². The van der Waals surface area contributed by atoms with E-state index in [1.54, 1.807) is 34.2 Å². The Morgan fingerprint density at radius 1 is 1.12 bits per heavy atom. The second-order valence-electron chi connectivity index (χ2n) is 5.56. The molecule has 0 fully saturated rings. The third-order valence-corrected chi connectivity index (χ3v) is 5.50. The predicted molar refractivity (Wildman–Crippen MR) is 103 cm³/mol. The van der Waals surface area contributed by atoms with E-state index in [2.05, 4.69) is 9.97 Å². The summed E-state index contributed by atoms with van der Waals surface area (Å²) in [6, 6.07) is 13.6. The molecule has 3 aromatic rings. The van der Waals surface area contributed by atoms with Gasteiger partial charge in [0.1, 0.15) is 0 Å². The zero-order chi connectivity index (χ0) is 17.5. The summed E-state index contributed by atoms with van der Waals surface area (Å²) < 4.78 is 0. The van der Waals surface area contributed by atoms with Gasteiger partial charge in [-0.1, -0.05) is 18.2 Å². The third-order valence-electron chi connectivity index (χ3n) is 3.75. The lowest BCUT2D eigenvalue weighted by molar-refractivity contribution is 0.0793. The monoisotopic (exact) mass is 369 g/mol. The number of pyridine rings is 1. The zero-order valence-electron chi connectivity index (χ0n) is 14.0. The summed E-state index contributed by atoms with van der Waals surface area (Å²) in [6.45, 7) is 0.640. The fourth-order valence-corrected chi connectivity index (χ4v) is 3.98. The van der Waals surface area contributed by atoms with E-state index < -0.39 is 0 Å². The lowest BCUT2D eigenvalue weighted by Gasteiger charge is -2.18. The van der Waals surface area contributed by atoms with E-state index in [4.69, 9.17) is 0 Å². The molecule has 6 heteroatoms. The maximum absolute atomic E-state index is 12.8. The molecule has 0 unspecified atom stereocenters. The van der Waals surface area contributed by atoms with Crippen molar-refractivity contribution in [1.29, 1.82) is 0 Å². The molecule has 0 saturated carbocycles. The van der Waals surface area contributed by atoms with Crippen molar-refractivity contribution in [2.45, 2.75) is 17.1 Å². The van der Waals surface area contributed by atoms with Crippen molar-refractivity contribution >= 4 is 29.0 Å². The molecule has 0 aliphatic rings. The number of aromatic nitrogens is 2. The Kier molecular flexibility index (Phi) is 6.19. The standard InChI is InChI=1S/C19H19N3OS2/c1-22(11-9-15-6-4-5-10-20-15)19(23)17-7-2-3-8-18(17)25-13-16-12-24-14-21-16/h2-8,10,12,14H,9,11,13H2,1H3. The summed E-state index contributed by atoms with van der Waals surface area (Å²) in [7, 11) is 1.84. The predicted octanol–water partition coefficient (Wildman–Crippen LogP) is 4.15. The molecule has 0 radical (unpaired) electrons. The molecule has 0 aliphatic carbocycles. The first-order valence-electron chi connectivity index (χ1n) is 7.98. The number of likely N-dealkylation sites (N-methyl/N-ethyl adjacent to an activating group) is 1. The second kappa shape index (κ2) is 8.78. The molecule has 128 valence electrons. The molecule has 4 nitrogen and oxygen atoms in total. The van der Waals surface area contributed by atoms with Crippen LogP contribution in [-0.4, -0.2) is 34.4 Å². The lowest BCUT2D eigenvalue weighted by Crippen LogP contribution is -2.29. The summed E-state index contributed by atoms with van der Waals surface area (Å²) in [5.41, 5.74) is 4.61. The maximum Gasteiger partial charge on any atom is 0.254 e. The van der Waals surface area contributed by atoms with Gasteiger partial charge in [0, 0.05) is 47.9 Å². The summed E-state index contributed by atoms with van der Waals surface area (Å²) in [4.78, 5) is 24.2. The molecular formula is C19H19N3OS2. The van der Waals surface area contributed by atoms with Gasteiger partial charge >= 0.3 is 0 Å².